The Balaban J connectivity index is 2.00. The first-order chi connectivity index (χ1) is 6.27. The van der Waals surface area contributed by atoms with Crippen LogP contribution in [0.5, 0.6) is 0 Å². The minimum atomic E-state index is -0.202. The topological polar surface area (TPSA) is 56.2 Å². The Hall–Kier alpha value is -1.09. The fraction of sp³-hybridized carbons (Fsp3) is 0.500. The maximum absolute atomic E-state index is 11.7. The molecule has 2 N–H and O–H groups in total. The van der Waals surface area contributed by atoms with Crippen molar-refractivity contribution in [2.75, 3.05) is 6.54 Å². The van der Waals surface area contributed by atoms with Crippen molar-refractivity contribution in [1.82, 2.24) is 0 Å². The minimum Gasteiger partial charge on any atom is -0.469 e. The molecule has 70 valence electrons. The molecule has 1 aliphatic rings. The summed E-state index contributed by atoms with van der Waals surface area (Å²) < 4.78 is 5.11. The number of rotatable bonds is 4. The number of furan rings is 1. The molecular formula is C10H13NO2. The molecule has 0 radical (unpaired) electrons. The van der Waals surface area contributed by atoms with Crippen molar-refractivity contribution in [3.05, 3.63) is 24.2 Å². The van der Waals surface area contributed by atoms with E-state index in [2.05, 4.69) is 0 Å². The molecule has 0 aliphatic heterocycles. The van der Waals surface area contributed by atoms with Crippen LogP contribution in [0.15, 0.2) is 22.8 Å². The van der Waals surface area contributed by atoms with E-state index < -0.39 is 0 Å². The maximum Gasteiger partial charge on any atom is 0.147 e. The summed E-state index contributed by atoms with van der Waals surface area (Å²) >= 11 is 0. The minimum absolute atomic E-state index is 0.202. The molecule has 0 amide bonds. The summed E-state index contributed by atoms with van der Waals surface area (Å²) in [6.45, 7) is 0.479. The Kier molecular flexibility index (Phi) is 1.96. The second-order valence-electron chi connectivity index (χ2n) is 3.66. The Labute approximate surface area is 76.9 Å². The van der Waals surface area contributed by atoms with E-state index in [4.69, 9.17) is 10.2 Å². The van der Waals surface area contributed by atoms with Gasteiger partial charge in [-0.3, -0.25) is 4.79 Å². The van der Waals surface area contributed by atoms with Crippen molar-refractivity contribution < 1.29 is 9.21 Å². The van der Waals surface area contributed by atoms with Crippen molar-refractivity contribution in [2.24, 2.45) is 11.1 Å². The Morgan fingerprint density at radius 2 is 2.38 bits per heavy atom. The summed E-state index contributed by atoms with van der Waals surface area (Å²) in [5.74, 6) is 0.967. The molecule has 1 aliphatic carbocycles. The Morgan fingerprint density at radius 1 is 1.62 bits per heavy atom. The van der Waals surface area contributed by atoms with Crippen LogP contribution in [0.1, 0.15) is 18.6 Å². The van der Waals surface area contributed by atoms with Crippen LogP contribution >= 0.6 is 0 Å². The zero-order valence-corrected chi connectivity index (χ0v) is 7.45. The molecule has 0 unspecified atom stereocenters. The fourth-order valence-corrected chi connectivity index (χ4v) is 1.51. The highest BCUT2D eigenvalue weighted by Gasteiger charge is 2.47. The third-order valence-corrected chi connectivity index (χ3v) is 2.75. The van der Waals surface area contributed by atoms with E-state index in [0.29, 0.717) is 13.0 Å². The highest BCUT2D eigenvalue weighted by atomic mass is 16.3. The highest BCUT2D eigenvalue weighted by molar-refractivity contribution is 5.89. The van der Waals surface area contributed by atoms with Gasteiger partial charge in [0.2, 0.25) is 0 Å². The molecule has 0 atom stereocenters. The van der Waals surface area contributed by atoms with Gasteiger partial charge in [-0.25, -0.2) is 0 Å². The lowest BCUT2D eigenvalue weighted by Crippen LogP contribution is -2.26. The van der Waals surface area contributed by atoms with Crippen molar-refractivity contribution in [2.45, 2.75) is 19.3 Å². The average molecular weight is 179 g/mol. The largest absolute Gasteiger partial charge is 0.469 e. The number of hydrogen-bond acceptors (Lipinski definition) is 3. The van der Waals surface area contributed by atoms with Gasteiger partial charge in [0.05, 0.1) is 12.7 Å². The van der Waals surface area contributed by atoms with Crippen molar-refractivity contribution in [3.8, 4) is 0 Å². The van der Waals surface area contributed by atoms with Gasteiger partial charge in [0.25, 0.3) is 0 Å². The summed E-state index contributed by atoms with van der Waals surface area (Å²) in [6.07, 6.45) is 3.88. The molecule has 0 bridgehead atoms. The fourth-order valence-electron chi connectivity index (χ4n) is 1.51. The standard InChI is InChI=1S/C10H13NO2/c11-7-10(3-4-10)9(12)6-8-2-1-5-13-8/h1-2,5H,3-4,6-7,11H2. The predicted octanol–water partition coefficient (Wildman–Crippen LogP) is 1.13. The summed E-state index contributed by atoms with van der Waals surface area (Å²) in [4.78, 5) is 11.7. The Morgan fingerprint density at radius 3 is 2.85 bits per heavy atom. The lowest BCUT2D eigenvalue weighted by atomic mass is 9.98. The molecule has 1 saturated carbocycles. The molecule has 3 nitrogen and oxygen atoms in total. The molecule has 1 heterocycles. The lowest BCUT2D eigenvalue weighted by Gasteiger charge is -2.08. The third kappa shape index (κ3) is 1.52. The number of ketones is 1. The predicted molar refractivity (Wildman–Crippen MR) is 48.1 cm³/mol. The molecule has 2 rings (SSSR count). The first-order valence-corrected chi connectivity index (χ1v) is 4.53. The van der Waals surface area contributed by atoms with Gasteiger partial charge in [0.1, 0.15) is 11.5 Å². The van der Waals surface area contributed by atoms with E-state index in [-0.39, 0.29) is 11.2 Å². The summed E-state index contributed by atoms with van der Waals surface area (Å²) in [5, 5.41) is 0. The van der Waals surface area contributed by atoms with Crippen LogP contribution in [0, 0.1) is 5.41 Å². The molecule has 0 aromatic carbocycles. The van der Waals surface area contributed by atoms with Crippen LogP contribution in [0.4, 0.5) is 0 Å². The van der Waals surface area contributed by atoms with Crippen LogP contribution in [-0.4, -0.2) is 12.3 Å². The van der Waals surface area contributed by atoms with E-state index in [0.717, 1.165) is 18.6 Å². The zero-order chi connectivity index (χ0) is 9.31. The first kappa shape index (κ1) is 8.51. The molecule has 1 aromatic rings. The van der Waals surface area contributed by atoms with Gasteiger partial charge in [0.15, 0.2) is 0 Å². The number of hydrogen-bond donors (Lipinski definition) is 1. The van der Waals surface area contributed by atoms with Gasteiger partial charge in [-0.2, -0.15) is 0 Å². The molecule has 0 saturated heterocycles. The number of carbonyl (C=O) groups is 1. The molecule has 3 heteroatoms. The van der Waals surface area contributed by atoms with Crippen LogP contribution in [-0.2, 0) is 11.2 Å². The number of Topliss-reactive ketones (excluding diaryl/α,β-unsaturated/α-hetero) is 1. The van der Waals surface area contributed by atoms with Crippen molar-refractivity contribution in [1.29, 1.82) is 0 Å². The van der Waals surface area contributed by atoms with Gasteiger partial charge in [-0.05, 0) is 25.0 Å². The molecular weight excluding hydrogens is 166 g/mol. The van der Waals surface area contributed by atoms with Crippen LogP contribution < -0.4 is 5.73 Å². The Bertz CT molecular complexity index is 299. The SMILES string of the molecule is NCC1(C(=O)Cc2ccco2)CC1. The molecule has 1 aromatic heterocycles. The number of carbonyl (C=O) groups excluding carboxylic acids is 1. The van der Waals surface area contributed by atoms with Crippen LogP contribution in [0.2, 0.25) is 0 Å². The normalized spacial score (nSPS) is 18.5. The van der Waals surface area contributed by atoms with Crippen molar-refractivity contribution in [3.63, 3.8) is 0 Å². The quantitative estimate of drug-likeness (QED) is 0.753. The maximum atomic E-state index is 11.7. The monoisotopic (exact) mass is 179 g/mol. The van der Waals surface area contributed by atoms with Gasteiger partial charge < -0.3 is 10.2 Å². The van der Waals surface area contributed by atoms with E-state index in [1.807, 2.05) is 6.07 Å². The molecule has 13 heavy (non-hydrogen) atoms. The highest BCUT2D eigenvalue weighted by Crippen LogP contribution is 2.45. The second-order valence-corrected chi connectivity index (χ2v) is 3.66. The van der Waals surface area contributed by atoms with Gasteiger partial charge in [-0.15, -0.1) is 0 Å². The van der Waals surface area contributed by atoms with E-state index in [9.17, 15) is 4.79 Å². The van der Waals surface area contributed by atoms with Gasteiger partial charge >= 0.3 is 0 Å². The van der Waals surface area contributed by atoms with Gasteiger partial charge in [-0.1, -0.05) is 0 Å². The zero-order valence-electron chi connectivity index (χ0n) is 7.45. The first-order valence-electron chi connectivity index (χ1n) is 4.53. The van der Waals surface area contributed by atoms with Crippen LogP contribution in [0.3, 0.4) is 0 Å². The van der Waals surface area contributed by atoms with E-state index >= 15 is 0 Å². The van der Waals surface area contributed by atoms with E-state index in [1.54, 1.807) is 12.3 Å². The summed E-state index contributed by atoms with van der Waals surface area (Å²) in [6, 6.07) is 3.62. The summed E-state index contributed by atoms with van der Waals surface area (Å²) in [5.41, 5.74) is 5.35. The van der Waals surface area contributed by atoms with E-state index in [1.165, 1.54) is 0 Å². The third-order valence-electron chi connectivity index (χ3n) is 2.75. The molecule has 0 spiro atoms. The lowest BCUT2D eigenvalue weighted by molar-refractivity contribution is -0.123. The second kappa shape index (κ2) is 3.00. The summed E-state index contributed by atoms with van der Waals surface area (Å²) in [7, 11) is 0. The average Bonchev–Trinajstić information content (AvgIpc) is 2.79. The smallest absolute Gasteiger partial charge is 0.147 e. The van der Waals surface area contributed by atoms with Gasteiger partial charge in [0, 0.05) is 12.0 Å². The molecule has 1 fully saturated rings. The van der Waals surface area contributed by atoms with Crippen LogP contribution in [0.25, 0.3) is 0 Å². The van der Waals surface area contributed by atoms with Crippen molar-refractivity contribution >= 4 is 5.78 Å². The number of nitrogens with two attached hydrogens (primary N) is 1.